The zero-order chi connectivity index (χ0) is 21.4. The summed E-state index contributed by atoms with van der Waals surface area (Å²) in [5.74, 6) is 0.815. The maximum absolute atomic E-state index is 13.1. The highest BCUT2D eigenvalue weighted by Gasteiger charge is 2.33. The maximum atomic E-state index is 13.1. The minimum atomic E-state index is -4.58. The molecule has 8 heteroatoms. The van der Waals surface area contributed by atoms with Crippen LogP contribution < -0.4 is 5.32 Å². The number of likely N-dealkylation sites (N-methyl/N-ethyl adjacent to an activating group) is 1. The van der Waals surface area contributed by atoms with Gasteiger partial charge in [-0.25, -0.2) is 0 Å². The summed E-state index contributed by atoms with van der Waals surface area (Å²) in [4.78, 5) is 26.3. The van der Waals surface area contributed by atoms with E-state index in [-0.39, 0.29) is 24.7 Å². The average Bonchev–Trinajstić information content (AvgIpc) is 2.70. The molecular formula is C21H23F3N2O2S. The molecule has 0 saturated carbocycles. The van der Waals surface area contributed by atoms with Gasteiger partial charge in [0.15, 0.2) is 0 Å². The van der Waals surface area contributed by atoms with Crippen molar-refractivity contribution in [2.75, 3.05) is 24.2 Å². The van der Waals surface area contributed by atoms with E-state index in [4.69, 9.17) is 0 Å². The number of nitrogens with zero attached hydrogens (tertiary/aromatic N) is 1. The van der Waals surface area contributed by atoms with Crippen LogP contribution in [0, 0.1) is 0 Å². The van der Waals surface area contributed by atoms with Gasteiger partial charge in [0.2, 0.25) is 5.91 Å². The third kappa shape index (κ3) is 6.52. The van der Waals surface area contributed by atoms with Crippen molar-refractivity contribution >= 4 is 29.3 Å². The van der Waals surface area contributed by atoms with E-state index >= 15 is 0 Å². The predicted octanol–water partition coefficient (Wildman–Crippen LogP) is 5.06. The first kappa shape index (κ1) is 22.8. The topological polar surface area (TPSA) is 49.4 Å². The van der Waals surface area contributed by atoms with Crippen molar-refractivity contribution in [2.24, 2.45) is 0 Å². The standard InChI is InChI=1S/C21H23F3N2O2S/c1-3-26(20(28)16-11-9-15(10-12-16)14-29-4-2)13-19(27)25-18-8-6-5-7-17(18)21(22,23)24/h5-12H,3-4,13-14H2,1-2H3,(H,25,27). The molecule has 0 unspecified atom stereocenters. The molecule has 0 bridgehead atoms. The van der Waals surface area contributed by atoms with Gasteiger partial charge in [-0.3, -0.25) is 9.59 Å². The van der Waals surface area contributed by atoms with Crippen LogP contribution in [0.1, 0.15) is 35.3 Å². The summed E-state index contributed by atoms with van der Waals surface area (Å²) < 4.78 is 39.2. The molecule has 0 heterocycles. The Morgan fingerprint density at radius 3 is 2.28 bits per heavy atom. The lowest BCUT2D eigenvalue weighted by molar-refractivity contribution is -0.137. The van der Waals surface area contributed by atoms with Gasteiger partial charge in [0.1, 0.15) is 6.54 Å². The number of amides is 2. The summed E-state index contributed by atoms with van der Waals surface area (Å²) in [5, 5.41) is 2.26. The Labute approximate surface area is 172 Å². The van der Waals surface area contributed by atoms with Crippen molar-refractivity contribution < 1.29 is 22.8 Å². The minimum absolute atomic E-state index is 0.251. The largest absolute Gasteiger partial charge is 0.418 e. The van der Waals surface area contributed by atoms with E-state index in [9.17, 15) is 22.8 Å². The summed E-state index contributed by atoms with van der Waals surface area (Å²) in [7, 11) is 0. The second kappa shape index (κ2) is 10.3. The molecule has 2 rings (SSSR count). The smallest absolute Gasteiger partial charge is 0.330 e. The normalized spacial score (nSPS) is 11.2. The number of alkyl halides is 3. The zero-order valence-corrected chi connectivity index (χ0v) is 17.1. The van der Waals surface area contributed by atoms with E-state index in [1.54, 1.807) is 30.8 Å². The second-order valence-corrected chi connectivity index (χ2v) is 7.52. The lowest BCUT2D eigenvalue weighted by atomic mass is 10.1. The van der Waals surface area contributed by atoms with Crippen LogP contribution in [0.2, 0.25) is 0 Å². The molecule has 2 aromatic carbocycles. The number of rotatable bonds is 8. The van der Waals surface area contributed by atoms with Crippen molar-refractivity contribution in [3.8, 4) is 0 Å². The van der Waals surface area contributed by atoms with Crippen molar-refractivity contribution in [1.82, 2.24) is 4.90 Å². The Kier molecular flexibility index (Phi) is 8.13. The van der Waals surface area contributed by atoms with Crippen molar-refractivity contribution in [2.45, 2.75) is 25.8 Å². The number of hydrogen-bond donors (Lipinski definition) is 1. The fourth-order valence-corrected chi connectivity index (χ4v) is 3.31. The molecule has 0 aromatic heterocycles. The van der Waals surface area contributed by atoms with Crippen LogP contribution in [0.4, 0.5) is 18.9 Å². The SMILES string of the molecule is CCSCc1ccc(C(=O)N(CC)CC(=O)Nc2ccccc2C(F)(F)F)cc1. The van der Waals surface area contributed by atoms with Crippen LogP contribution >= 0.6 is 11.8 Å². The van der Waals surface area contributed by atoms with Gasteiger partial charge in [-0.2, -0.15) is 24.9 Å². The molecule has 0 spiro atoms. The van der Waals surface area contributed by atoms with E-state index in [1.165, 1.54) is 23.1 Å². The number of nitrogens with one attached hydrogen (secondary N) is 1. The lowest BCUT2D eigenvalue weighted by Gasteiger charge is -2.21. The summed E-state index contributed by atoms with van der Waals surface area (Å²) in [6.07, 6.45) is -4.58. The molecule has 0 radical (unpaired) electrons. The van der Waals surface area contributed by atoms with Crippen LogP contribution in [0.25, 0.3) is 0 Å². The first-order valence-corrected chi connectivity index (χ1v) is 10.3. The monoisotopic (exact) mass is 424 g/mol. The Morgan fingerprint density at radius 1 is 1.03 bits per heavy atom. The van der Waals surface area contributed by atoms with Crippen molar-refractivity contribution in [3.05, 3.63) is 65.2 Å². The number of anilines is 1. The molecule has 1 N–H and O–H groups in total. The third-order valence-electron chi connectivity index (χ3n) is 4.18. The van der Waals surface area contributed by atoms with Gasteiger partial charge in [0.25, 0.3) is 5.91 Å². The highest BCUT2D eigenvalue weighted by atomic mass is 32.2. The van der Waals surface area contributed by atoms with Crippen molar-refractivity contribution in [1.29, 1.82) is 0 Å². The lowest BCUT2D eigenvalue weighted by Crippen LogP contribution is -2.38. The van der Waals surface area contributed by atoms with Gasteiger partial charge >= 0.3 is 6.18 Å². The van der Waals surface area contributed by atoms with Gasteiger partial charge in [-0.15, -0.1) is 0 Å². The molecule has 0 saturated heterocycles. The number of thioether (sulfide) groups is 1. The molecule has 2 amide bonds. The summed E-state index contributed by atoms with van der Waals surface area (Å²) in [6.45, 7) is 3.69. The molecular weight excluding hydrogens is 401 g/mol. The summed E-state index contributed by atoms with van der Waals surface area (Å²) in [6, 6.07) is 11.9. The molecule has 0 atom stereocenters. The Morgan fingerprint density at radius 2 is 1.69 bits per heavy atom. The number of para-hydroxylation sites is 1. The molecule has 0 fully saturated rings. The summed E-state index contributed by atoms with van der Waals surface area (Å²) in [5.41, 5.74) is 0.271. The zero-order valence-electron chi connectivity index (χ0n) is 16.3. The first-order chi connectivity index (χ1) is 13.8. The number of benzene rings is 2. The highest BCUT2D eigenvalue weighted by molar-refractivity contribution is 7.98. The number of hydrogen-bond acceptors (Lipinski definition) is 3. The molecule has 156 valence electrons. The van der Waals surface area contributed by atoms with E-state index < -0.39 is 17.6 Å². The molecule has 4 nitrogen and oxygen atoms in total. The highest BCUT2D eigenvalue weighted by Crippen LogP contribution is 2.34. The second-order valence-electron chi connectivity index (χ2n) is 6.24. The van der Waals surface area contributed by atoms with Gasteiger partial charge < -0.3 is 10.2 Å². The van der Waals surface area contributed by atoms with Gasteiger partial charge in [-0.1, -0.05) is 31.2 Å². The van der Waals surface area contributed by atoms with E-state index in [1.807, 2.05) is 12.1 Å². The van der Waals surface area contributed by atoms with Crippen LogP contribution in [0.3, 0.4) is 0 Å². The average molecular weight is 424 g/mol. The van der Waals surface area contributed by atoms with E-state index in [0.29, 0.717) is 5.56 Å². The minimum Gasteiger partial charge on any atom is -0.330 e. The van der Waals surface area contributed by atoms with Crippen LogP contribution in [0.15, 0.2) is 48.5 Å². The van der Waals surface area contributed by atoms with Gasteiger partial charge in [0.05, 0.1) is 11.3 Å². The molecule has 0 aliphatic carbocycles. The van der Waals surface area contributed by atoms with Crippen LogP contribution in [-0.4, -0.2) is 35.6 Å². The van der Waals surface area contributed by atoms with Gasteiger partial charge in [-0.05, 0) is 42.5 Å². The molecule has 29 heavy (non-hydrogen) atoms. The maximum Gasteiger partial charge on any atom is 0.418 e. The van der Waals surface area contributed by atoms with Crippen molar-refractivity contribution in [3.63, 3.8) is 0 Å². The predicted molar refractivity (Wildman–Crippen MR) is 110 cm³/mol. The molecule has 0 aliphatic rings. The number of halogens is 3. The van der Waals surface area contributed by atoms with Crippen LogP contribution in [0.5, 0.6) is 0 Å². The third-order valence-corrected chi connectivity index (χ3v) is 5.13. The summed E-state index contributed by atoms with van der Waals surface area (Å²) >= 11 is 1.77. The fourth-order valence-electron chi connectivity index (χ4n) is 2.68. The Hall–Kier alpha value is -2.48. The number of carbonyl (C=O) groups excluding carboxylic acids is 2. The Balaban J connectivity index is 2.06. The van der Waals surface area contributed by atoms with Gasteiger partial charge in [0, 0.05) is 17.9 Å². The quantitative estimate of drug-likeness (QED) is 0.645. The van der Waals surface area contributed by atoms with E-state index in [2.05, 4.69) is 12.2 Å². The van der Waals surface area contributed by atoms with E-state index in [0.717, 1.165) is 23.1 Å². The molecule has 0 aliphatic heterocycles. The molecule has 2 aromatic rings. The number of carbonyl (C=O) groups is 2. The van der Waals surface area contributed by atoms with Crippen LogP contribution in [-0.2, 0) is 16.7 Å². The Bertz CT molecular complexity index is 839. The fraction of sp³-hybridized carbons (Fsp3) is 0.333. The first-order valence-electron chi connectivity index (χ1n) is 9.18.